The summed E-state index contributed by atoms with van der Waals surface area (Å²) in [7, 11) is 0. The van der Waals surface area contributed by atoms with Crippen molar-refractivity contribution in [3.05, 3.63) is 18.3 Å². The van der Waals surface area contributed by atoms with E-state index in [1.165, 1.54) is 0 Å². The first-order valence-corrected chi connectivity index (χ1v) is 7.62. The van der Waals surface area contributed by atoms with Crippen LogP contribution in [0.2, 0.25) is 0 Å². The van der Waals surface area contributed by atoms with Crippen molar-refractivity contribution in [1.29, 1.82) is 0 Å². The summed E-state index contributed by atoms with van der Waals surface area (Å²) in [4.78, 5) is 5.51. The van der Waals surface area contributed by atoms with Crippen molar-refractivity contribution in [1.82, 2.24) is 19.7 Å². The maximum Gasteiger partial charge on any atom is 0.227 e. The number of anilines is 1. The lowest BCUT2D eigenvalue weighted by molar-refractivity contribution is 0.0819. The van der Waals surface area contributed by atoms with Gasteiger partial charge in [-0.1, -0.05) is 0 Å². The number of aromatic amines is 1. The van der Waals surface area contributed by atoms with E-state index in [1.54, 1.807) is 0 Å². The van der Waals surface area contributed by atoms with Crippen LogP contribution in [0.25, 0.3) is 11.5 Å². The smallest absolute Gasteiger partial charge is 0.227 e. The summed E-state index contributed by atoms with van der Waals surface area (Å²) in [6.07, 6.45) is 3.15. The molecule has 6 heteroatoms. The van der Waals surface area contributed by atoms with E-state index in [0.29, 0.717) is 6.04 Å². The van der Waals surface area contributed by atoms with E-state index >= 15 is 0 Å². The van der Waals surface area contributed by atoms with Crippen molar-refractivity contribution < 1.29 is 4.74 Å². The van der Waals surface area contributed by atoms with Crippen LogP contribution >= 0.6 is 0 Å². The fourth-order valence-corrected chi connectivity index (χ4v) is 2.80. The first-order valence-electron chi connectivity index (χ1n) is 7.62. The Balaban J connectivity index is 1.98. The highest BCUT2D eigenvalue weighted by atomic mass is 16.5. The number of ether oxygens (including phenoxy) is 1. The number of nitrogens with zero attached hydrogens (tertiary/aromatic N) is 4. The molecular formula is C15H23N5O. The van der Waals surface area contributed by atoms with E-state index in [0.717, 1.165) is 43.6 Å². The van der Waals surface area contributed by atoms with E-state index in [1.807, 2.05) is 18.3 Å². The summed E-state index contributed by atoms with van der Waals surface area (Å²) >= 11 is 0. The molecule has 0 aliphatic carbocycles. The van der Waals surface area contributed by atoms with Gasteiger partial charge >= 0.3 is 0 Å². The van der Waals surface area contributed by atoms with E-state index in [9.17, 15) is 0 Å². The Bertz CT molecular complexity index is 575. The molecule has 2 aromatic rings. The van der Waals surface area contributed by atoms with Gasteiger partial charge in [0.25, 0.3) is 0 Å². The van der Waals surface area contributed by atoms with Gasteiger partial charge < -0.3 is 14.6 Å². The number of H-pyrrole nitrogens is 1. The van der Waals surface area contributed by atoms with Gasteiger partial charge in [-0.2, -0.15) is 0 Å². The van der Waals surface area contributed by atoms with Crippen LogP contribution in [0, 0.1) is 0 Å². The minimum Gasteiger partial charge on any atom is -0.377 e. The minimum atomic E-state index is 0.221. The lowest BCUT2D eigenvalue weighted by Gasteiger charge is -2.25. The van der Waals surface area contributed by atoms with E-state index < -0.39 is 0 Å². The molecule has 1 aliphatic heterocycles. The monoisotopic (exact) mass is 289 g/mol. The van der Waals surface area contributed by atoms with Crippen LogP contribution in [-0.2, 0) is 4.74 Å². The van der Waals surface area contributed by atoms with Crippen molar-refractivity contribution in [3.8, 4) is 11.5 Å². The van der Waals surface area contributed by atoms with Crippen molar-refractivity contribution in [2.75, 3.05) is 24.6 Å². The second-order valence-corrected chi connectivity index (χ2v) is 5.85. The number of hydrogen-bond donors (Lipinski definition) is 1. The van der Waals surface area contributed by atoms with Gasteiger partial charge in [-0.25, -0.2) is 0 Å². The number of aromatic nitrogens is 4. The first kappa shape index (κ1) is 14.1. The third-order valence-electron chi connectivity index (χ3n) is 3.77. The van der Waals surface area contributed by atoms with Gasteiger partial charge in [0.05, 0.1) is 11.8 Å². The fourth-order valence-electron chi connectivity index (χ4n) is 2.80. The molecule has 1 aliphatic rings. The van der Waals surface area contributed by atoms with Gasteiger partial charge in [-0.3, -0.25) is 4.57 Å². The predicted molar refractivity (Wildman–Crippen MR) is 82.4 cm³/mol. The van der Waals surface area contributed by atoms with Crippen molar-refractivity contribution in [2.24, 2.45) is 0 Å². The average molecular weight is 289 g/mol. The summed E-state index contributed by atoms with van der Waals surface area (Å²) in [6, 6.07) is 4.31. The second kappa shape index (κ2) is 5.89. The highest BCUT2D eigenvalue weighted by molar-refractivity contribution is 5.53. The molecule has 114 valence electrons. The Morgan fingerprint density at radius 2 is 2.24 bits per heavy atom. The molecule has 3 rings (SSSR count). The van der Waals surface area contributed by atoms with E-state index in [2.05, 4.69) is 45.4 Å². The molecule has 0 spiro atoms. The molecule has 1 fully saturated rings. The van der Waals surface area contributed by atoms with Gasteiger partial charge in [-0.15, -0.1) is 10.2 Å². The summed E-state index contributed by atoms with van der Waals surface area (Å²) in [5.74, 6) is 1.83. The quantitative estimate of drug-likeness (QED) is 0.943. The minimum absolute atomic E-state index is 0.221. The molecule has 1 N–H and O–H groups in total. The topological polar surface area (TPSA) is 59.0 Å². The predicted octanol–water partition coefficient (Wildman–Crippen LogP) is 2.47. The van der Waals surface area contributed by atoms with Crippen LogP contribution in [0.1, 0.15) is 33.2 Å². The van der Waals surface area contributed by atoms with E-state index in [4.69, 9.17) is 4.74 Å². The Morgan fingerprint density at radius 3 is 2.95 bits per heavy atom. The Morgan fingerprint density at radius 1 is 1.38 bits per heavy atom. The molecule has 1 atom stereocenters. The summed E-state index contributed by atoms with van der Waals surface area (Å²) in [6.45, 7) is 9.07. The third kappa shape index (κ3) is 2.81. The molecule has 0 saturated carbocycles. The van der Waals surface area contributed by atoms with Crippen LogP contribution in [0.15, 0.2) is 18.3 Å². The molecular weight excluding hydrogens is 266 g/mol. The molecule has 21 heavy (non-hydrogen) atoms. The molecule has 0 radical (unpaired) electrons. The Labute approximate surface area is 125 Å². The number of hydrogen-bond acceptors (Lipinski definition) is 4. The Kier molecular flexibility index (Phi) is 3.96. The van der Waals surface area contributed by atoms with Crippen molar-refractivity contribution in [3.63, 3.8) is 0 Å². The summed E-state index contributed by atoms with van der Waals surface area (Å²) < 4.78 is 7.93. The molecule has 1 unspecified atom stereocenters. The van der Waals surface area contributed by atoms with Gasteiger partial charge in [0.2, 0.25) is 5.95 Å². The van der Waals surface area contributed by atoms with Gasteiger partial charge in [0, 0.05) is 31.9 Å². The lowest BCUT2D eigenvalue weighted by atomic mass is 10.3. The highest BCUT2D eigenvalue weighted by Crippen LogP contribution is 2.26. The van der Waals surface area contributed by atoms with Crippen LogP contribution in [0.4, 0.5) is 5.95 Å². The zero-order chi connectivity index (χ0) is 14.8. The van der Waals surface area contributed by atoms with E-state index in [-0.39, 0.29) is 6.10 Å². The highest BCUT2D eigenvalue weighted by Gasteiger charge is 2.24. The number of nitrogens with one attached hydrogen (secondary N) is 1. The SMILES string of the molecule is CC1CN(c2nnc(-c3ccc[nH]3)n2C(C)C)CCCO1. The van der Waals surface area contributed by atoms with Gasteiger partial charge in [0.1, 0.15) is 0 Å². The summed E-state index contributed by atoms with van der Waals surface area (Å²) in [5, 5.41) is 8.87. The van der Waals surface area contributed by atoms with Crippen LogP contribution in [0.5, 0.6) is 0 Å². The van der Waals surface area contributed by atoms with Crippen LogP contribution in [-0.4, -0.2) is 45.5 Å². The maximum atomic E-state index is 5.73. The third-order valence-corrected chi connectivity index (χ3v) is 3.77. The van der Waals surface area contributed by atoms with Crippen molar-refractivity contribution >= 4 is 5.95 Å². The van der Waals surface area contributed by atoms with Crippen LogP contribution in [0.3, 0.4) is 0 Å². The molecule has 1 saturated heterocycles. The standard InChI is InChI=1S/C15H23N5O/c1-11(2)20-14(13-6-4-7-16-13)17-18-15(20)19-8-5-9-21-12(3)10-19/h4,6-7,11-12,16H,5,8-10H2,1-3H3. The largest absolute Gasteiger partial charge is 0.377 e. The molecule has 0 amide bonds. The van der Waals surface area contributed by atoms with Crippen molar-refractivity contribution in [2.45, 2.75) is 39.3 Å². The lowest BCUT2D eigenvalue weighted by Crippen LogP contribution is -2.32. The molecule has 6 nitrogen and oxygen atoms in total. The van der Waals surface area contributed by atoms with Gasteiger partial charge in [0.15, 0.2) is 5.82 Å². The molecule has 0 bridgehead atoms. The molecule has 2 aromatic heterocycles. The number of rotatable bonds is 3. The first-order chi connectivity index (χ1) is 10.2. The van der Waals surface area contributed by atoms with Crippen LogP contribution < -0.4 is 4.90 Å². The van der Waals surface area contributed by atoms with Gasteiger partial charge in [-0.05, 0) is 39.3 Å². The Hall–Kier alpha value is -1.82. The second-order valence-electron chi connectivity index (χ2n) is 5.85. The normalized spacial score (nSPS) is 20.0. The molecule has 3 heterocycles. The average Bonchev–Trinajstić information content (AvgIpc) is 3.06. The zero-order valence-electron chi connectivity index (χ0n) is 12.9. The molecule has 0 aromatic carbocycles. The maximum absolute atomic E-state index is 5.73. The fraction of sp³-hybridized carbons (Fsp3) is 0.600. The zero-order valence-corrected chi connectivity index (χ0v) is 12.9. The summed E-state index contributed by atoms with van der Waals surface area (Å²) in [5.41, 5.74) is 1.00.